The van der Waals surface area contributed by atoms with E-state index in [0.717, 1.165) is 29.5 Å². The zero-order chi connectivity index (χ0) is 20.1. The number of nitrogens with one attached hydrogen (secondary N) is 1. The molecule has 0 radical (unpaired) electrons. The second-order valence-electron chi connectivity index (χ2n) is 10.6. The summed E-state index contributed by atoms with van der Waals surface area (Å²) >= 11 is 8.34. The second-order valence-corrected chi connectivity index (χ2v) is 12.0. The summed E-state index contributed by atoms with van der Waals surface area (Å²) < 4.78 is 0. The quantitative estimate of drug-likeness (QED) is 0.624. The number of thiocarbonyl (C=S) groups is 1. The number of benzene rings is 1. The van der Waals surface area contributed by atoms with Crippen molar-refractivity contribution >= 4 is 29.0 Å². The Labute approximate surface area is 186 Å². The molecule has 2 unspecified atom stereocenters. The molecule has 0 spiro atoms. The van der Waals surface area contributed by atoms with Crippen LogP contribution in [0.3, 0.4) is 0 Å². The summed E-state index contributed by atoms with van der Waals surface area (Å²) in [5.74, 6) is 2.36. The SMILES string of the molecule is CSC1C2CC3(C(=S)N[C@H]4CC[C@H](CN)CC4)CC1CC(c1ccccc1)(C2)C3. The Kier molecular flexibility index (Phi) is 5.49. The summed E-state index contributed by atoms with van der Waals surface area (Å²) in [4.78, 5) is 1.21. The highest BCUT2D eigenvalue weighted by Gasteiger charge is 2.62. The van der Waals surface area contributed by atoms with Crippen molar-refractivity contribution in [1.82, 2.24) is 5.32 Å². The molecule has 0 aromatic heterocycles. The van der Waals surface area contributed by atoms with Crippen LogP contribution < -0.4 is 11.1 Å². The minimum Gasteiger partial charge on any atom is -0.376 e. The van der Waals surface area contributed by atoms with Crippen LogP contribution in [-0.2, 0) is 5.41 Å². The van der Waals surface area contributed by atoms with E-state index in [4.69, 9.17) is 18.0 Å². The molecule has 5 saturated carbocycles. The third kappa shape index (κ3) is 3.47. The zero-order valence-electron chi connectivity index (χ0n) is 17.7. The molecule has 4 bridgehead atoms. The van der Waals surface area contributed by atoms with E-state index in [1.165, 1.54) is 62.8 Å². The molecule has 5 aliphatic carbocycles. The first-order valence-electron chi connectivity index (χ1n) is 11.7. The van der Waals surface area contributed by atoms with Crippen molar-refractivity contribution in [1.29, 1.82) is 0 Å². The number of thioether (sulfide) groups is 1. The lowest BCUT2D eigenvalue weighted by Crippen LogP contribution is -2.63. The Bertz CT molecular complexity index is 724. The molecule has 158 valence electrons. The van der Waals surface area contributed by atoms with Crippen molar-refractivity contribution in [3.05, 3.63) is 35.9 Å². The normalized spacial score (nSPS) is 43.3. The summed E-state index contributed by atoms with van der Waals surface area (Å²) in [5, 5.41) is 4.74. The molecule has 2 atom stereocenters. The highest BCUT2D eigenvalue weighted by atomic mass is 32.2. The average Bonchev–Trinajstić information content (AvgIpc) is 2.74. The van der Waals surface area contributed by atoms with Crippen LogP contribution in [0.2, 0.25) is 0 Å². The Morgan fingerprint density at radius 2 is 1.72 bits per heavy atom. The maximum absolute atomic E-state index is 6.22. The van der Waals surface area contributed by atoms with Crippen molar-refractivity contribution in [2.75, 3.05) is 12.8 Å². The maximum Gasteiger partial charge on any atom is 0.0818 e. The van der Waals surface area contributed by atoms with Gasteiger partial charge in [-0.2, -0.15) is 11.8 Å². The molecular formula is C25H36N2S2. The Morgan fingerprint density at radius 3 is 2.31 bits per heavy atom. The molecule has 0 heterocycles. The van der Waals surface area contributed by atoms with Gasteiger partial charge in [0.25, 0.3) is 0 Å². The summed E-state index contributed by atoms with van der Waals surface area (Å²) in [6.07, 6.45) is 14.0. The molecule has 0 aliphatic heterocycles. The summed E-state index contributed by atoms with van der Waals surface area (Å²) in [6.45, 7) is 0.847. The number of nitrogens with two attached hydrogens (primary N) is 1. The Balaban J connectivity index is 1.39. The van der Waals surface area contributed by atoms with E-state index in [1.54, 1.807) is 5.56 Å². The van der Waals surface area contributed by atoms with Gasteiger partial charge in [0, 0.05) is 16.7 Å². The van der Waals surface area contributed by atoms with Crippen molar-refractivity contribution in [3.8, 4) is 0 Å². The average molecular weight is 429 g/mol. The van der Waals surface area contributed by atoms with Gasteiger partial charge in [0.2, 0.25) is 0 Å². The van der Waals surface area contributed by atoms with Crippen LogP contribution in [-0.4, -0.2) is 29.1 Å². The lowest BCUT2D eigenvalue weighted by Gasteiger charge is -2.65. The molecule has 0 amide bonds. The molecule has 1 aromatic rings. The van der Waals surface area contributed by atoms with Crippen molar-refractivity contribution < 1.29 is 0 Å². The highest BCUT2D eigenvalue weighted by molar-refractivity contribution is 7.99. The molecular weight excluding hydrogens is 392 g/mol. The van der Waals surface area contributed by atoms with E-state index in [0.29, 0.717) is 11.5 Å². The van der Waals surface area contributed by atoms with Crippen LogP contribution in [0.5, 0.6) is 0 Å². The third-order valence-corrected chi connectivity index (χ3v) is 10.7. The maximum atomic E-state index is 6.22. The molecule has 2 nitrogen and oxygen atoms in total. The Hall–Kier alpha value is -0.580. The van der Waals surface area contributed by atoms with Gasteiger partial charge < -0.3 is 11.1 Å². The van der Waals surface area contributed by atoms with Gasteiger partial charge in [-0.05, 0) is 99.3 Å². The summed E-state index contributed by atoms with van der Waals surface area (Å²) in [5.41, 5.74) is 8.05. The monoisotopic (exact) mass is 428 g/mol. The van der Waals surface area contributed by atoms with Gasteiger partial charge in [-0.3, -0.25) is 0 Å². The van der Waals surface area contributed by atoms with E-state index in [2.05, 4.69) is 53.7 Å². The summed E-state index contributed by atoms with van der Waals surface area (Å²) in [6, 6.07) is 12.0. The largest absolute Gasteiger partial charge is 0.376 e. The van der Waals surface area contributed by atoms with Crippen molar-refractivity contribution in [2.24, 2.45) is 28.9 Å². The van der Waals surface area contributed by atoms with Crippen LogP contribution in [0, 0.1) is 23.2 Å². The molecule has 5 aliphatic rings. The van der Waals surface area contributed by atoms with Crippen molar-refractivity contribution in [2.45, 2.75) is 74.5 Å². The lowest BCUT2D eigenvalue weighted by atomic mass is 9.42. The molecule has 5 fully saturated rings. The van der Waals surface area contributed by atoms with Gasteiger partial charge in [-0.1, -0.05) is 42.5 Å². The smallest absolute Gasteiger partial charge is 0.0818 e. The first-order chi connectivity index (χ1) is 14.1. The van der Waals surface area contributed by atoms with Gasteiger partial charge in [-0.15, -0.1) is 0 Å². The lowest BCUT2D eigenvalue weighted by molar-refractivity contribution is -0.0297. The number of hydrogen-bond acceptors (Lipinski definition) is 3. The van der Waals surface area contributed by atoms with Gasteiger partial charge in [-0.25, -0.2) is 0 Å². The van der Waals surface area contributed by atoms with Crippen LogP contribution in [0.4, 0.5) is 0 Å². The minimum absolute atomic E-state index is 0.230. The molecule has 1 aromatic carbocycles. The number of hydrogen-bond donors (Lipinski definition) is 2. The van der Waals surface area contributed by atoms with Crippen LogP contribution in [0.25, 0.3) is 0 Å². The first kappa shape index (κ1) is 20.3. The van der Waals surface area contributed by atoms with Crippen LogP contribution in [0.1, 0.15) is 63.4 Å². The van der Waals surface area contributed by atoms with E-state index in [9.17, 15) is 0 Å². The predicted octanol–water partition coefficient (Wildman–Crippen LogP) is 5.30. The van der Waals surface area contributed by atoms with Gasteiger partial charge in [0.05, 0.1) is 4.99 Å². The fourth-order valence-corrected chi connectivity index (χ4v) is 9.33. The molecule has 29 heavy (non-hydrogen) atoms. The summed E-state index contributed by atoms with van der Waals surface area (Å²) in [7, 11) is 0. The minimum atomic E-state index is 0.230. The molecule has 6 rings (SSSR count). The van der Waals surface area contributed by atoms with E-state index in [-0.39, 0.29) is 5.41 Å². The van der Waals surface area contributed by atoms with E-state index < -0.39 is 0 Å². The van der Waals surface area contributed by atoms with Gasteiger partial charge >= 0.3 is 0 Å². The predicted molar refractivity (Wildman–Crippen MR) is 128 cm³/mol. The Morgan fingerprint density at radius 1 is 1.07 bits per heavy atom. The molecule has 3 N–H and O–H groups in total. The van der Waals surface area contributed by atoms with Crippen LogP contribution in [0.15, 0.2) is 30.3 Å². The topological polar surface area (TPSA) is 38.0 Å². The standard InChI is InChI=1S/C25H36N2S2/c1-29-22-18-11-24(20-5-3-2-4-6-20)12-19(22)14-25(13-18,16-24)23(28)27-21-9-7-17(15-26)8-10-21/h2-6,17-19,21-22H,7-16,26H2,1H3,(H,27,28)/t17-,18?,19?,21-,22?,24?,25?. The first-order valence-corrected chi connectivity index (χ1v) is 13.4. The van der Waals surface area contributed by atoms with E-state index >= 15 is 0 Å². The van der Waals surface area contributed by atoms with Gasteiger partial charge in [0.15, 0.2) is 0 Å². The van der Waals surface area contributed by atoms with Gasteiger partial charge in [0.1, 0.15) is 0 Å². The molecule has 4 heteroatoms. The zero-order valence-corrected chi connectivity index (χ0v) is 19.4. The second kappa shape index (κ2) is 7.84. The third-order valence-electron chi connectivity index (χ3n) is 8.87. The fourth-order valence-electron chi connectivity index (χ4n) is 7.77. The highest BCUT2D eigenvalue weighted by Crippen LogP contribution is 2.67. The number of rotatable bonds is 5. The molecule has 0 saturated heterocycles. The van der Waals surface area contributed by atoms with Crippen LogP contribution >= 0.6 is 24.0 Å². The van der Waals surface area contributed by atoms with E-state index in [1.807, 2.05) is 0 Å². The van der Waals surface area contributed by atoms with Crippen molar-refractivity contribution in [3.63, 3.8) is 0 Å². The fraction of sp³-hybridized carbons (Fsp3) is 0.720.